The minimum atomic E-state index is 0.372. The largest absolute Gasteiger partial charge is 0.249 e. The van der Waals surface area contributed by atoms with Crippen molar-refractivity contribution in [1.29, 1.82) is 0 Å². The summed E-state index contributed by atoms with van der Waals surface area (Å²) >= 11 is 0. The number of piperidine rings is 1. The van der Waals surface area contributed by atoms with Crippen molar-refractivity contribution in [1.82, 2.24) is 10.4 Å². The Kier molecular flexibility index (Phi) is 1.29. The van der Waals surface area contributed by atoms with Gasteiger partial charge in [0.05, 0.1) is 0 Å². The third kappa shape index (κ3) is 0.867. The molecule has 0 aliphatic carbocycles. The monoisotopic (exact) mass is 140 g/mol. The Morgan fingerprint density at radius 3 is 2.10 bits per heavy atom. The summed E-state index contributed by atoms with van der Waals surface area (Å²) in [5.41, 5.74) is 3.90. The number of rotatable bonds is 0. The second kappa shape index (κ2) is 1.95. The zero-order valence-corrected chi connectivity index (χ0v) is 6.85. The number of hydrazine groups is 1. The van der Waals surface area contributed by atoms with Crippen molar-refractivity contribution in [2.24, 2.45) is 5.92 Å². The van der Waals surface area contributed by atoms with Crippen molar-refractivity contribution < 1.29 is 0 Å². The topological polar surface area (TPSA) is 15.3 Å². The van der Waals surface area contributed by atoms with E-state index in [1.165, 1.54) is 25.9 Å². The maximum absolute atomic E-state index is 3.53. The highest BCUT2D eigenvalue weighted by molar-refractivity contribution is 4.93. The highest BCUT2D eigenvalue weighted by Crippen LogP contribution is 2.32. The van der Waals surface area contributed by atoms with Crippen LogP contribution in [0.1, 0.15) is 26.7 Å². The van der Waals surface area contributed by atoms with E-state index in [9.17, 15) is 0 Å². The molecule has 1 N–H and O–H groups in total. The molecular weight excluding hydrogens is 124 g/mol. The van der Waals surface area contributed by atoms with Crippen molar-refractivity contribution in [3.63, 3.8) is 0 Å². The van der Waals surface area contributed by atoms with E-state index in [0.717, 1.165) is 5.92 Å². The minimum Gasteiger partial charge on any atom is -0.249 e. The Morgan fingerprint density at radius 1 is 1.30 bits per heavy atom. The number of nitrogens with zero attached hydrogens (tertiary/aromatic N) is 1. The van der Waals surface area contributed by atoms with Gasteiger partial charge in [0.25, 0.3) is 0 Å². The minimum absolute atomic E-state index is 0.372. The van der Waals surface area contributed by atoms with Crippen LogP contribution >= 0.6 is 0 Å². The van der Waals surface area contributed by atoms with Gasteiger partial charge in [0.1, 0.15) is 0 Å². The van der Waals surface area contributed by atoms with Gasteiger partial charge in [-0.05, 0) is 32.6 Å². The Morgan fingerprint density at radius 2 is 1.90 bits per heavy atom. The number of fused-ring (bicyclic) bond motifs is 3. The van der Waals surface area contributed by atoms with Gasteiger partial charge in [-0.1, -0.05) is 0 Å². The van der Waals surface area contributed by atoms with Crippen LogP contribution in [0.3, 0.4) is 0 Å². The van der Waals surface area contributed by atoms with E-state index < -0.39 is 0 Å². The summed E-state index contributed by atoms with van der Waals surface area (Å²) in [5, 5.41) is 2.36. The normalized spacial score (nSPS) is 43.8. The molecule has 2 nitrogen and oxygen atoms in total. The zero-order valence-electron chi connectivity index (χ0n) is 6.85. The molecule has 3 heterocycles. The first-order valence-electron chi connectivity index (χ1n) is 4.21. The fourth-order valence-corrected chi connectivity index (χ4v) is 2.21. The maximum atomic E-state index is 3.53. The lowest BCUT2D eigenvalue weighted by atomic mass is 9.79. The Bertz CT molecular complexity index is 134. The van der Waals surface area contributed by atoms with Crippen LogP contribution in [0.2, 0.25) is 0 Å². The van der Waals surface area contributed by atoms with Crippen LogP contribution < -0.4 is 5.43 Å². The molecule has 0 aromatic rings. The van der Waals surface area contributed by atoms with Crippen molar-refractivity contribution >= 4 is 0 Å². The Balaban J connectivity index is 2.15. The summed E-state index contributed by atoms with van der Waals surface area (Å²) in [6, 6.07) is 0. The summed E-state index contributed by atoms with van der Waals surface area (Å²) in [6.45, 7) is 7.13. The van der Waals surface area contributed by atoms with Crippen LogP contribution in [0, 0.1) is 5.92 Å². The maximum Gasteiger partial charge on any atom is 0.0298 e. The van der Waals surface area contributed by atoms with Crippen LogP contribution in [-0.2, 0) is 0 Å². The fraction of sp³-hybridized carbons (Fsp3) is 1.00. The van der Waals surface area contributed by atoms with Gasteiger partial charge >= 0.3 is 0 Å². The lowest BCUT2D eigenvalue weighted by Crippen LogP contribution is -2.64. The first-order chi connectivity index (χ1) is 4.68. The Labute approximate surface area is 62.6 Å². The van der Waals surface area contributed by atoms with Crippen molar-refractivity contribution in [3.8, 4) is 0 Å². The molecule has 58 valence electrons. The molecule has 3 saturated heterocycles. The lowest BCUT2D eigenvalue weighted by Gasteiger charge is -2.50. The predicted octanol–water partition coefficient (Wildman–Crippen LogP) is 0.995. The first-order valence-corrected chi connectivity index (χ1v) is 4.21. The van der Waals surface area contributed by atoms with E-state index in [1.807, 2.05) is 0 Å². The molecule has 10 heavy (non-hydrogen) atoms. The van der Waals surface area contributed by atoms with E-state index in [2.05, 4.69) is 24.3 Å². The smallest absolute Gasteiger partial charge is 0.0298 e. The van der Waals surface area contributed by atoms with Gasteiger partial charge in [-0.3, -0.25) is 0 Å². The lowest BCUT2D eigenvalue weighted by molar-refractivity contribution is -0.0303. The average Bonchev–Trinajstić information content (AvgIpc) is 1.87. The molecule has 0 spiro atoms. The van der Waals surface area contributed by atoms with Crippen LogP contribution in [0.5, 0.6) is 0 Å². The molecule has 3 aliphatic rings. The molecule has 0 amide bonds. The van der Waals surface area contributed by atoms with Gasteiger partial charge in [0.2, 0.25) is 0 Å². The van der Waals surface area contributed by atoms with Gasteiger partial charge in [0.15, 0.2) is 0 Å². The fourth-order valence-electron chi connectivity index (χ4n) is 2.21. The van der Waals surface area contributed by atoms with E-state index >= 15 is 0 Å². The molecule has 0 saturated carbocycles. The molecule has 3 rings (SSSR count). The van der Waals surface area contributed by atoms with Crippen molar-refractivity contribution in [3.05, 3.63) is 0 Å². The van der Waals surface area contributed by atoms with Crippen LogP contribution in [0.15, 0.2) is 0 Å². The summed E-state index contributed by atoms with van der Waals surface area (Å²) in [4.78, 5) is 0. The second-order valence-corrected chi connectivity index (χ2v) is 4.09. The number of nitrogens with one attached hydrogen (secondary N) is 1. The molecule has 2 bridgehead atoms. The summed E-state index contributed by atoms with van der Waals surface area (Å²) in [5.74, 6) is 0.914. The predicted molar refractivity (Wildman–Crippen MR) is 41.5 cm³/mol. The molecular formula is C8H16N2. The van der Waals surface area contributed by atoms with Gasteiger partial charge in [-0.25, -0.2) is 10.4 Å². The molecule has 0 unspecified atom stereocenters. The summed E-state index contributed by atoms with van der Waals surface area (Å²) in [6.07, 6.45) is 2.78. The number of hydrogen-bond donors (Lipinski definition) is 1. The Hall–Kier alpha value is -0.0800. The molecule has 0 radical (unpaired) electrons. The quantitative estimate of drug-likeness (QED) is 0.540. The van der Waals surface area contributed by atoms with E-state index in [1.54, 1.807) is 0 Å². The third-order valence-electron chi connectivity index (χ3n) is 2.96. The van der Waals surface area contributed by atoms with E-state index in [0.29, 0.717) is 5.54 Å². The van der Waals surface area contributed by atoms with Crippen molar-refractivity contribution in [2.45, 2.75) is 32.2 Å². The first kappa shape index (κ1) is 6.62. The highest BCUT2D eigenvalue weighted by Gasteiger charge is 2.39. The van der Waals surface area contributed by atoms with Gasteiger partial charge in [0, 0.05) is 18.6 Å². The zero-order chi connectivity index (χ0) is 7.19. The van der Waals surface area contributed by atoms with Crippen LogP contribution in [0.4, 0.5) is 0 Å². The summed E-state index contributed by atoms with van der Waals surface area (Å²) in [7, 11) is 0. The van der Waals surface area contributed by atoms with Crippen LogP contribution in [0.25, 0.3) is 0 Å². The van der Waals surface area contributed by atoms with E-state index in [-0.39, 0.29) is 0 Å². The second-order valence-electron chi connectivity index (χ2n) is 4.09. The molecule has 3 aliphatic heterocycles. The third-order valence-corrected chi connectivity index (χ3v) is 2.96. The summed E-state index contributed by atoms with van der Waals surface area (Å²) < 4.78 is 0. The van der Waals surface area contributed by atoms with E-state index in [4.69, 9.17) is 0 Å². The molecule has 3 fully saturated rings. The van der Waals surface area contributed by atoms with Crippen molar-refractivity contribution in [2.75, 3.05) is 13.1 Å². The van der Waals surface area contributed by atoms with Gasteiger partial charge < -0.3 is 0 Å². The molecule has 0 aromatic carbocycles. The molecule has 0 atom stereocenters. The SMILES string of the molecule is CC1(C)NN2CCC1CC2. The van der Waals surface area contributed by atoms with Gasteiger partial charge in [-0.15, -0.1) is 0 Å². The highest BCUT2D eigenvalue weighted by atomic mass is 15.5. The average molecular weight is 140 g/mol. The molecule has 0 aromatic heterocycles. The molecule has 2 heteroatoms. The van der Waals surface area contributed by atoms with Gasteiger partial charge in [-0.2, -0.15) is 0 Å². The standard InChI is InChI=1S/C8H16N2/c1-8(2)7-3-5-10(9-8)6-4-7/h7,9H,3-6H2,1-2H3. The van der Waals surface area contributed by atoms with Crippen LogP contribution in [-0.4, -0.2) is 23.6 Å². The number of hydrogen-bond acceptors (Lipinski definition) is 2.